The lowest BCUT2D eigenvalue weighted by Crippen LogP contribution is -2.50. The molecule has 2 aliphatic rings. The maximum Gasteiger partial charge on any atom is 0.272 e. The number of hydrogen-bond donors (Lipinski definition) is 2. The number of H-pyrrole nitrogens is 1. The van der Waals surface area contributed by atoms with E-state index in [1.807, 2.05) is 4.90 Å². The molecule has 2 fully saturated rings. The number of nitrogens with zero attached hydrogens (tertiary/aromatic N) is 6. The molecule has 1 spiro atoms. The fraction of sp³-hybridized carbons (Fsp3) is 0.333. The van der Waals surface area contributed by atoms with Gasteiger partial charge in [0.25, 0.3) is 5.91 Å². The number of nitrogens with one attached hydrogen (secondary N) is 2. The number of methoxy groups -OCH3 is 1. The Morgan fingerprint density at radius 3 is 2.92 bits per heavy atom. The summed E-state index contributed by atoms with van der Waals surface area (Å²) in [6.45, 7) is 0.440. The number of anilines is 1. The van der Waals surface area contributed by atoms with Gasteiger partial charge in [-0.15, -0.1) is 0 Å². The minimum atomic E-state index is -0.562. The van der Waals surface area contributed by atoms with Crippen molar-refractivity contribution in [2.45, 2.75) is 31.2 Å². The van der Waals surface area contributed by atoms with Gasteiger partial charge in [0.05, 0.1) is 25.2 Å². The number of aromatic nitrogens is 6. The summed E-state index contributed by atoms with van der Waals surface area (Å²) in [5, 5.41) is 14.1. The summed E-state index contributed by atoms with van der Waals surface area (Å²) in [4.78, 5) is 36.4. The maximum atomic E-state index is 14.3. The van der Waals surface area contributed by atoms with Crippen molar-refractivity contribution in [1.82, 2.24) is 34.7 Å². The summed E-state index contributed by atoms with van der Waals surface area (Å²) in [5.41, 5.74) is 1.54. The number of carbonyl (C=O) groups is 2. The monoisotopic (exact) mass is 490 g/mol. The number of pyridine rings is 1. The van der Waals surface area contributed by atoms with Crippen molar-refractivity contribution >= 4 is 23.1 Å². The molecule has 2 amide bonds. The Hall–Kier alpha value is -4.35. The molecule has 36 heavy (non-hydrogen) atoms. The minimum Gasteiger partial charge on any atom is -0.481 e. The third kappa shape index (κ3) is 3.74. The molecule has 1 atom stereocenters. The number of ether oxygens (including phenoxy) is 1. The summed E-state index contributed by atoms with van der Waals surface area (Å²) in [7, 11) is 1.44. The van der Waals surface area contributed by atoms with Gasteiger partial charge in [0.2, 0.25) is 11.8 Å². The molecule has 184 valence electrons. The smallest absolute Gasteiger partial charge is 0.272 e. The lowest BCUT2D eigenvalue weighted by molar-refractivity contribution is -0.122. The van der Waals surface area contributed by atoms with Crippen molar-refractivity contribution < 1.29 is 18.7 Å². The fourth-order valence-corrected chi connectivity index (χ4v) is 4.94. The first-order valence-electron chi connectivity index (χ1n) is 11.6. The normalized spacial score (nSPS) is 18.4. The van der Waals surface area contributed by atoms with E-state index in [-0.39, 0.29) is 46.1 Å². The van der Waals surface area contributed by atoms with Gasteiger partial charge < -0.3 is 15.0 Å². The van der Waals surface area contributed by atoms with Crippen molar-refractivity contribution in [2.75, 3.05) is 19.0 Å². The van der Waals surface area contributed by atoms with Crippen LogP contribution in [0, 0.1) is 11.7 Å². The number of aromatic amines is 1. The first-order valence-corrected chi connectivity index (χ1v) is 11.6. The van der Waals surface area contributed by atoms with E-state index in [0.29, 0.717) is 30.7 Å². The molecule has 0 aromatic carbocycles. The Kier molecular flexibility index (Phi) is 5.16. The lowest BCUT2D eigenvalue weighted by Gasteiger charge is -2.39. The summed E-state index contributed by atoms with van der Waals surface area (Å²) in [5.74, 6) is -0.850. The van der Waals surface area contributed by atoms with Crippen molar-refractivity contribution in [3.05, 3.63) is 54.5 Å². The number of piperidine rings is 1. The molecule has 12 heteroatoms. The van der Waals surface area contributed by atoms with E-state index in [0.717, 1.165) is 19.0 Å². The Morgan fingerprint density at radius 2 is 2.11 bits per heavy atom. The molecule has 1 aliphatic carbocycles. The SMILES string of the molecule is COc1cc(-c2cc(C(=O)N3CCC(C(=O)Nc4cnn5cccnc45)CC34CC4)[nH]n2)c(F)cn1. The number of likely N-dealkylation sites (tertiary alicyclic amines) is 1. The first-order chi connectivity index (χ1) is 17.5. The fourth-order valence-electron chi connectivity index (χ4n) is 4.94. The van der Waals surface area contributed by atoms with Gasteiger partial charge in [-0.05, 0) is 37.8 Å². The van der Waals surface area contributed by atoms with E-state index in [1.165, 1.54) is 19.2 Å². The second kappa shape index (κ2) is 8.40. The van der Waals surface area contributed by atoms with Gasteiger partial charge in [0, 0.05) is 42.0 Å². The van der Waals surface area contributed by atoms with Crippen molar-refractivity contribution in [3.8, 4) is 17.1 Å². The maximum absolute atomic E-state index is 14.3. The molecule has 2 N–H and O–H groups in total. The van der Waals surface area contributed by atoms with Crippen molar-refractivity contribution in [2.24, 2.45) is 5.92 Å². The predicted octanol–water partition coefficient (Wildman–Crippen LogP) is 2.69. The lowest BCUT2D eigenvalue weighted by atomic mass is 9.88. The number of hydrogen-bond acceptors (Lipinski definition) is 7. The number of fused-ring (bicyclic) bond motifs is 1. The van der Waals surface area contributed by atoms with Crippen molar-refractivity contribution in [1.29, 1.82) is 0 Å². The summed E-state index contributed by atoms with van der Waals surface area (Å²) < 4.78 is 21.0. The average molecular weight is 490 g/mol. The highest BCUT2D eigenvalue weighted by molar-refractivity contribution is 5.97. The third-order valence-electron chi connectivity index (χ3n) is 7.00. The van der Waals surface area contributed by atoms with Crippen LogP contribution in [0.15, 0.2) is 43.0 Å². The largest absolute Gasteiger partial charge is 0.481 e. The molecule has 6 rings (SSSR count). The van der Waals surface area contributed by atoms with Gasteiger partial charge in [-0.2, -0.15) is 10.2 Å². The van der Waals surface area contributed by atoms with Crippen LogP contribution in [0.3, 0.4) is 0 Å². The average Bonchev–Trinajstić information content (AvgIpc) is 3.30. The zero-order valence-electron chi connectivity index (χ0n) is 19.4. The van der Waals surface area contributed by atoms with Crippen LogP contribution >= 0.6 is 0 Å². The van der Waals surface area contributed by atoms with Crippen molar-refractivity contribution in [3.63, 3.8) is 0 Å². The van der Waals surface area contributed by atoms with E-state index in [9.17, 15) is 14.0 Å². The number of halogens is 1. The standard InChI is InChI=1S/C24H23FN8O3/c1-36-20-9-15(16(25)12-27-20)17-10-18(31-30-17)23(35)32-8-3-14(11-24(32)4-5-24)22(34)29-19-13-28-33-7-2-6-26-21(19)33/h2,6-7,9-10,12-14H,3-5,8,11H2,1H3,(H,29,34)(H,30,31). The molecular formula is C24H23FN8O3. The highest BCUT2D eigenvalue weighted by Crippen LogP contribution is 2.50. The summed E-state index contributed by atoms with van der Waals surface area (Å²) >= 11 is 0. The van der Waals surface area contributed by atoms with Gasteiger partial charge >= 0.3 is 0 Å². The highest BCUT2D eigenvalue weighted by atomic mass is 19.1. The van der Waals surface area contributed by atoms with Crippen LogP contribution in [-0.2, 0) is 4.79 Å². The van der Waals surface area contributed by atoms with Crippen LogP contribution in [0.2, 0.25) is 0 Å². The van der Waals surface area contributed by atoms with Gasteiger partial charge in [-0.25, -0.2) is 18.9 Å². The van der Waals surface area contributed by atoms with Gasteiger partial charge in [0.1, 0.15) is 11.4 Å². The van der Waals surface area contributed by atoms with Gasteiger partial charge in [0.15, 0.2) is 11.5 Å². The molecule has 4 aromatic rings. The minimum absolute atomic E-state index is 0.0973. The number of rotatable bonds is 5. The number of carbonyl (C=O) groups excluding carboxylic acids is 2. The zero-order valence-corrected chi connectivity index (χ0v) is 19.4. The summed E-state index contributed by atoms with van der Waals surface area (Å²) in [6, 6.07) is 4.74. The van der Waals surface area contributed by atoms with Crippen LogP contribution in [0.4, 0.5) is 10.1 Å². The quantitative estimate of drug-likeness (QED) is 0.440. The van der Waals surface area contributed by atoms with E-state index in [1.54, 1.807) is 29.2 Å². The Morgan fingerprint density at radius 1 is 1.25 bits per heavy atom. The molecule has 1 unspecified atom stereocenters. The molecule has 4 aromatic heterocycles. The number of amides is 2. The molecule has 1 aliphatic heterocycles. The zero-order chi connectivity index (χ0) is 24.9. The second-order valence-corrected chi connectivity index (χ2v) is 9.18. The van der Waals surface area contributed by atoms with Crippen LogP contribution < -0.4 is 10.1 Å². The molecule has 5 heterocycles. The van der Waals surface area contributed by atoms with E-state index >= 15 is 0 Å². The van der Waals surface area contributed by atoms with Crippen LogP contribution in [0.5, 0.6) is 5.88 Å². The Balaban J connectivity index is 1.16. The molecular weight excluding hydrogens is 467 g/mol. The highest BCUT2D eigenvalue weighted by Gasteiger charge is 2.54. The van der Waals surface area contributed by atoms with E-state index < -0.39 is 5.82 Å². The van der Waals surface area contributed by atoms with E-state index in [2.05, 4.69) is 30.6 Å². The molecule has 1 saturated carbocycles. The van der Waals surface area contributed by atoms with Gasteiger partial charge in [-0.1, -0.05) is 0 Å². The molecule has 11 nitrogen and oxygen atoms in total. The predicted molar refractivity (Wildman–Crippen MR) is 126 cm³/mol. The van der Waals surface area contributed by atoms with E-state index in [4.69, 9.17) is 4.74 Å². The topological polar surface area (TPSA) is 130 Å². The third-order valence-corrected chi connectivity index (χ3v) is 7.00. The van der Waals surface area contributed by atoms with Crippen LogP contribution in [-0.4, -0.2) is 65.7 Å². The van der Waals surface area contributed by atoms with Crippen LogP contribution in [0.1, 0.15) is 36.2 Å². The Bertz CT molecular complexity index is 1480. The molecule has 0 radical (unpaired) electrons. The Labute approximate surface area is 204 Å². The van der Waals surface area contributed by atoms with Crippen LogP contribution in [0.25, 0.3) is 16.9 Å². The molecule has 1 saturated heterocycles. The summed E-state index contributed by atoms with van der Waals surface area (Å²) in [6.07, 6.45) is 8.83. The first kappa shape index (κ1) is 22.1. The molecule has 0 bridgehead atoms. The van der Waals surface area contributed by atoms with Gasteiger partial charge in [-0.3, -0.25) is 14.7 Å². The second-order valence-electron chi connectivity index (χ2n) is 9.18.